The van der Waals surface area contributed by atoms with Crippen LogP contribution in [0.1, 0.15) is 19.3 Å². The van der Waals surface area contributed by atoms with E-state index < -0.39 is 24.0 Å². The third-order valence-corrected chi connectivity index (χ3v) is 8.75. The van der Waals surface area contributed by atoms with Crippen molar-refractivity contribution in [1.29, 1.82) is 0 Å². The number of nitrogens with two attached hydrogens (primary N) is 2. The quantitative estimate of drug-likeness (QED) is 0.283. The second-order valence-electron chi connectivity index (χ2n) is 6.22. The molecule has 1 unspecified atom stereocenters. The van der Waals surface area contributed by atoms with Crippen LogP contribution in [0.25, 0.3) is 0 Å². The molecule has 1 rings (SSSR count). The van der Waals surface area contributed by atoms with Gasteiger partial charge in [0.15, 0.2) is 0 Å². The summed E-state index contributed by atoms with van der Waals surface area (Å²) < 4.78 is 10.8. The van der Waals surface area contributed by atoms with Gasteiger partial charge < -0.3 is 25.7 Å². The van der Waals surface area contributed by atoms with Crippen LogP contribution in [0.15, 0.2) is 0 Å². The zero-order valence-corrected chi connectivity index (χ0v) is 19.5. The van der Waals surface area contributed by atoms with E-state index in [0.29, 0.717) is 19.3 Å². The van der Waals surface area contributed by atoms with Crippen molar-refractivity contribution in [3.63, 3.8) is 0 Å². The number of thioether (sulfide) groups is 4. The minimum atomic E-state index is -0.636. The number of esters is 2. The molecule has 5 atom stereocenters. The van der Waals surface area contributed by atoms with Gasteiger partial charge in [0, 0.05) is 6.42 Å². The summed E-state index contributed by atoms with van der Waals surface area (Å²) >= 11 is 6.39. The molecule has 0 radical (unpaired) electrons. The van der Waals surface area contributed by atoms with Crippen molar-refractivity contribution in [2.75, 3.05) is 37.2 Å². The number of hydrogen-bond donors (Lipinski definition) is 2. The monoisotopic (exact) mass is 470 g/mol. The fourth-order valence-corrected chi connectivity index (χ4v) is 6.79. The van der Waals surface area contributed by atoms with E-state index >= 15 is 0 Å². The Kier molecular flexibility index (Phi) is 13.8. The van der Waals surface area contributed by atoms with Crippen molar-refractivity contribution >= 4 is 65.3 Å². The normalized spacial score (nSPS) is 23.8. The molecule has 162 valence electrons. The van der Waals surface area contributed by atoms with E-state index in [1.54, 1.807) is 47.0 Å². The average Bonchev–Trinajstić information content (AvgIpc) is 3.08. The van der Waals surface area contributed by atoms with Crippen LogP contribution >= 0.6 is 47.0 Å². The molecular weight excluding hydrogens is 440 g/mol. The third-order valence-electron chi connectivity index (χ3n) is 4.01. The van der Waals surface area contributed by atoms with Gasteiger partial charge in [0.1, 0.15) is 31.6 Å². The van der Waals surface area contributed by atoms with Crippen molar-refractivity contribution in [1.82, 2.24) is 0 Å². The highest BCUT2D eigenvalue weighted by Gasteiger charge is 2.37. The fraction of sp³-hybridized carbons (Fsp3) is 0.824. The first-order chi connectivity index (χ1) is 13.4. The zero-order valence-electron chi connectivity index (χ0n) is 16.2. The van der Waals surface area contributed by atoms with E-state index in [-0.39, 0.29) is 28.3 Å². The maximum Gasteiger partial charge on any atom is 0.322 e. The highest BCUT2D eigenvalue weighted by Crippen LogP contribution is 2.45. The predicted molar refractivity (Wildman–Crippen MR) is 121 cm³/mol. The molecule has 1 heterocycles. The van der Waals surface area contributed by atoms with Gasteiger partial charge in [0.25, 0.3) is 0 Å². The average molecular weight is 471 g/mol. The molecule has 0 aliphatic carbocycles. The molecule has 1 aliphatic rings. The van der Waals surface area contributed by atoms with Gasteiger partial charge >= 0.3 is 11.9 Å². The van der Waals surface area contributed by atoms with E-state index in [1.807, 2.05) is 12.5 Å². The molecule has 1 fully saturated rings. The van der Waals surface area contributed by atoms with E-state index in [0.717, 1.165) is 17.8 Å². The molecule has 11 heteroatoms. The van der Waals surface area contributed by atoms with Crippen LogP contribution in [0.4, 0.5) is 0 Å². The molecule has 0 aromatic rings. The van der Waals surface area contributed by atoms with Crippen LogP contribution in [0.5, 0.6) is 0 Å². The highest BCUT2D eigenvalue weighted by atomic mass is 32.2. The second kappa shape index (κ2) is 14.8. The van der Waals surface area contributed by atoms with Crippen LogP contribution in [0.3, 0.4) is 0 Å². The van der Waals surface area contributed by atoms with E-state index in [4.69, 9.17) is 20.9 Å². The lowest BCUT2D eigenvalue weighted by Crippen LogP contribution is -2.37. The topological polar surface area (TPSA) is 122 Å². The lowest BCUT2D eigenvalue weighted by Gasteiger charge is -2.20. The van der Waals surface area contributed by atoms with Gasteiger partial charge in [-0.25, -0.2) is 0 Å². The van der Waals surface area contributed by atoms with Gasteiger partial charge in [-0.05, 0) is 36.9 Å². The summed E-state index contributed by atoms with van der Waals surface area (Å²) in [5.41, 5.74) is 11.7. The lowest BCUT2D eigenvalue weighted by atomic mass is 10.2. The molecular formula is C17H30N2O5S4. The molecule has 0 spiro atoms. The predicted octanol–water partition coefficient (Wildman–Crippen LogP) is 1.37. The van der Waals surface area contributed by atoms with Crippen molar-refractivity contribution < 1.29 is 23.9 Å². The van der Waals surface area contributed by atoms with Gasteiger partial charge in [-0.15, -0.1) is 23.5 Å². The van der Waals surface area contributed by atoms with Gasteiger partial charge in [-0.2, -0.15) is 23.5 Å². The second-order valence-corrected chi connectivity index (χ2v) is 11.4. The van der Waals surface area contributed by atoms with Crippen LogP contribution < -0.4 is 11.5 Å². The zero-order chi connectivity index (χ0) is 20.9. The first-order valence-corrected chi connectivity index (χ1v) is 13.7. The number of carbonyl (C=O) groups is 3. The molecule has 7 nitrogen and oxygen atoms in total. The highest BCUT2D eigenvalue weighted by molar-refractivity contribution is 8.20. The smallest absolute Gasteiger partial charge is 0.322 e. The number of carbonyl (C=O) groups excluding carboxylic acids is 3. The number of aldehydes is 1. The lowest BCUT2D eigenvalue weighted by molar-refractivity contribution is -0.147. The molecule has 4 N–H and O–H groups in total. The van der Waals surface area contributed by atoms with Crippen molar-refractivity contribution in [3.05, 3.63) is 0 Å². The number of ether oxygens (including phenoxy) is 2. The largest absolute Gasteiger partial charge is 0.463 e. The molecule has 0 bridgehead atoms. The maximum absolute atomic E-state index is 12.0. The molecule has 1 aliphatic heterocycles. The van der Waals surface area contributed by atoms with Gasteiger partial charge in [-0.3, -0.25) is 9.59 Å². The molecule has 28 heavy (non-hydrogen) atoms. The van der Waals surface area contributed by atoms with Crippen LogP contribution in [0, 0.1) is 0 Å². The summed E-state index contributed by atoms with van der Waals surface area (Å²) in [5.74, 6) is 0.740. The Labute approximate surface area is 183 Å². The first kappa shape index (κ1) is 26.0. The fourth-order valence-electron chi connectivity index (χ4n) is 2.35. The minimum Gasteiger partial charge on any atom is -0.463 e. The first-order valence-electron chi connectivity index (χ1n) is 8.99. The van der Waals surface area contributed by atoms with E-state index in [2.05, 4.69) is 0 Å². The summed E-state index contributed by atoms with van der Waals surface area (Å²) in [7, 11) is 0. The minimum absolute atomic E-state index is 0.0558. The molecule has 0 aromatic carbocycles. The van der Waals surface area contributed by atoms with Gasteiger partial charge in [-0.1, -0.05) is 0 Å². The Balaban J connectivity index is 2.52. The summed E-state index contributed by atoms with van der Waals surface area (Å²) in [6, 6.07) is -1.27. The third kappa shape index (κ3) is 9.62. The van der Waals surface area contributed by atoms with E-state index in [1.165, 1.54) is 0 Å². The van der Waals surface area contributed by atoms with Crippen molar-refractivity contribution in [2.45, 2.75) is 46.4 Å². The van der Waals surface area contributed by atoms with Gasteiger partial charge in [0.2, 0.25) is 0 Å². The van der Waals surface area contributed by atoms with Gasteiger partial charge in [0.05, 0.1) is 15.1 Å². The van der Waals surface area contributed by atoms with E-state index in [9.17, 15) is 14.4 Å². The summed E-state index contributed by atoms with van der Waals surface area (Å²) in [4.78, 5) is 34.9. The summed E-state index contributed by atoms with van der Waals surface area (Å²) in [6.45, 7) is 0.360. The summed E-state index contributed by atoms with van der Waals surface area (Å²) in [5, 5.41) is -0.135. The molecule has 0 amide bonds. The molecule has 0 aromatic heterocycles. The number of rotatable bonds is 14. The summed E-state index contributed by atoms with van der Waals surface area (Å²) in [6.07, 6.45) is 6.31. The Morgan fingerprint density at radius 3 is 1.75 bits per heavy atom. The maximum atomic E-state index is 12.0. The Morgan fingerprint density at radius 1 is 0.964 bits per heavy atom. The van der Waals surface area contributed by atoms with Crippen molar-refractivity contribution in [2.24, 2.45) is 11.5 Å². The molecule has 0 saturated carbocycles. The Bertz CT molecular complexity index is 462. The Hall–Kier alpha value is -0.0700. The number of hydrogen-bond acceptors (Lipinski definition) is 11. The van der Waals surface area contributed by atoms with Crippen LogP contribution in [-0.4, -0.2) is 82.6 Å². The standard InChI is InChI=1S/C17H30N2O5S4/c1-25-7-4-11(18)16(21)23-9-13-14(28-15(27-13)3-6-20)10-24-17(22)12(19)5-8-26-2/h6,11-15H,3-5,7-10,18-19H2,1-2H3/t11-,12-,13-,14+,15?/m0/s1. The Morgan fingerprint density at radius 2 is 1.39 bits per heavy atom. The SMILES string of the molecule is CSCC[C@H](N)C(=O)OC[C@@H]1SC(CC=O)S[C@@H]1COC(=O)[C@@H](N)CCSC. The molecule has 1 saturated heterocycles. The van der Waals surface area contributed by atoms with Crippen LogP contribution in [0.2, 0.25) is 0 Å². The van der Waals surface area contributed by atoms with Crippen LogP contribution in [-0.2, 0) is 23.9 Å². The van der Waals surface area contributed by atoms with Crippen molar-refractivity contribution in [3.8, 4) is 0 Å².